The summed E-state index contributed by atoms with van der Waals surface area (Å²) in [6.45, 7) is 11.8. The largest absolute Gasteiger partial charge is 0.357 e. The highest BCUT2D eigenvalue weighted by molar-refractivity contribution is 14.0. The van der Waals surface area contributed by atoms with E-state index in [1.54, 1.807) is 0 Å². The second kappa shape index (κ2) is 10.4. The highest BCUT2D eigenvalue weighted by atomic mass is 127. The quantitative estimate of drug-likeness (QED) is 0.398. The van der Waals surface area contributed by atoms with Crippen LogP contribution in [-0.2, 0) is 6.54 Å². The van der Waals surface area contributed by atoms with E-state index >= 15 is 0 Å². The lowest BCUT2D eigenvalue weighted by atomic mass is 10.2. The maximum atomic E-state index is 4.63. The van der Waals surface area contributed by atoms with Gasteiger partial charge < -0.3 is 10.6 Å². The number of halogens is 1. The zero-order chi connectivity index (χ0) is 17.5. The third-order valence-electron chi connectivity index (χ3n) is 3.80. The molecule has 1 atom stereocenters. The van der Waals surface area contributed by atoms with E-state index in [1.165, 1.54) is 0 Å². The van der Waals surface area contributed by atoms with Crippen LogP contribution in [0, 0.1) is 13.8 Å². The number of hydrogen-bond acceptors (Lipinski definition) is 3. The van der Waals surface area contributed by atoms with Gasteiger partial charge in [-0.3, -0.25) is 0 Å². The molecule has 6 nitrogen and oxygen atoms in total. The van der Waals surface area contributed by atoms with Crippen molar-refractivity contribution in [1.82, 2.24) is 25.4 Å². The van der Waals surface area contributed by atoms with Gasteiger partial charge in [-0.1, -0.05) is 13.0 Å². The molecule has 0 fully saturated rings. The molecule has 1 unspecified atom stereocenters. The molecule has 138 valence electrons. The van der Waals surface area contributed by atoms with Gasteiger partial charge in [0.25, 0.3) is 0 Å². The molecule has 0 aliphatic heterocycles. The van der Waals surface area contributed by atoms with Gasteiger partial charge in [-0.2, -0.15) is 5.10 Å². The Labute approximate surface area is 167 Å². The van der Waals surface area contributed by atoms with Crippen molar-refractivity contribution in [3.8, 4) is 5.82 Å². The second-order valence-electron chi connectivity index (χ2n) is 6.01. The summed E-state index contributed by atoms with van der Waals surface area (Å²) in [4.78, 5) is 9.14. The van der Waals surface area contributed by atoms with Gasteiger partial charge in [-0.15, -0.1) is 24.0 Å². The monoisotopic (exact) mass is 456 g/mol. The highest BCUT2D eigenvalue weighted by Gasteiger charge is 2.05. The molecule has 0 aliphatic rings. The molecule has 0 bridgehead atoms. The molecule has 0 radical (unpaired) electrons. The number of aryl methyl sites for hydroxylation is 2. The zero-order valence-electron chi connectivity index (χ0n) is 15.7. The maximum Gasteiger partial charge on any atom is 0.191 e. The molecular weight excluding hydrogens is 427 g/mol. The molecule has 25 heavy (non-hydrogen) atoms. The van der Waals surface area contributed by atoms with E-state index < -0.39 is 0 Å². The Kier molecular flexibility index (Phi) is 8.88. The SMILES string of the molecule is CCNC(=NCc1ccc(-n2nc(C)cc2C)nc1)NC(C)CC.I. The van der Waals surface area contributed by atoms with Crippen LogP contribution in [0.15, 0.2) is 29.4 Å². The van der Waals surface area contributed by atoms with Gasteiger partial charge in [0.2, 0.25) is 0 Å². The Bertz CT molecular complexity index is 677. The fraction of sp³-hybridized carbons (Fsp3) is 0.500. The molecule has 2 rings (SSSR count). The minimum Gasteiger partial charge on any atom is -0.357 e. The minimum atomic E-state index is 0. The summed E-state index contributed by atoms with van der Waals surface area (Å²) in [6, 6.07) is 6.48. The second-order valence-corrected chi connectivity index (χ2v) is 6.01. The lowest BCUT2D eigenvalue weighted by Gasteiger charge is -2.16. The van der Waals surface area contributed by atoms with Crippen LogP contribution in [0.4, 0.5) is 0 Å². The van der Waals surface area contributed by atoms with Crippen LogP contribution in [0.2, 0.25) is 0 Å². The standard InChI is InChI=1S/C18H28N6.HI/c1-6-13(3)22-18(19-7-2)21-12-16-8-9-17(20-11-16)24-15(5)10-14(4)23-24;/h8-11,13H,6-7,12H2,1-5H3,(H2,19,21,22);1H. The first kappa shape index (κ1) is 21.4. The van der Waals surface area contributed by atoms with Crippen molar-refractivity contribution in [3.05, 3.63) is 41.3 Å². The predicted molar refractivity (Wildman–Crippen MR) is 114 cm³/mol. The van der Waals surface area contributed by atoms with E-state index in [2.05, 4.69) is 52.5 Å². The molecule has 0 aliphatic carbocycles. The summed E-state index contributed by atoms with van der Waals surface area (Å²) in [7, 11) is 0. The van der Waals surface area contributed by atoms with Gasteiger partial charge >= 0.3 is 0 Å². The lowest BCUT2D eigenvalue weighted by molar-refractivity contribution is 0.624. The summed E-state index contributed by atoms with van der Waals surface area (Å²) in [6.07, 6.45) is 2.92. The first-order chi connectivity index (χ1) is 11.5. The average Bonchev–Trinajstić information content (AvgIpc) is 2.91. The van der Waals surface area contributed by atoms with Gasteiger partial charge in [0, 0.05) is 24.5 Å². The van der Waals surface area contributed by atoms with E-state index in [-0.39, 0.29) is 24.0 Å². The number of pyridine rings is 1. The number of aromatic nitrogens is 3. The van der Waals surface area contributed by atoms with Crippen LogP contribution in [0.3, 0.4) is 0 Å². The normalized spacial score (nSPS) is 12.4. The van der Waals surface area contributed by atoms with E-state index in [0.717, 1.165) is 41.7 Å². The minimum absolute atomic E-state index is 0. The average molecular weight is 456 g/mol. The Balaban J connectivity index is 0.00000312. The first-order valence-electron chi connectivity index (χ1n) is 8.56. The third kappa shape index (κ3) is 6.30. The van der Waals surface area contributed by atoms with Gasteiger partial charge in [0.15, 0.2) is 11.8 Å². The fourth-order valence-corrected chi connectivity index (χ4v) is 2.32. The highest BCUT2D eigenvalue weighted by Crippen LogP contribution is 2.10. The molecule has 0 saturated heterocycles. The summed E-state index contributed by atoms with van der Waals surface area (Å²) >= 11 is 0. The van der Waals surface area contributed by atoms with Crippen LogP contribution in [0.25, 0.3) is 5.82 Å². The van der Waals surface area contributed by atoms with E-state index in [4.69, 9.17) is 0 Å². The number of rotatable bonds is 6. The van der Waals surface area contributed by atoms with Gasteiger partial charge in [0.05, 0.1) is 12.2 Å². The Morgan fingerprint density at radius 1 is 1.28 bits per heavy atom. The Morgan fingerprint density at radius 3 is 2.56 bits per heavy atom. The van der Waals surface area contributed by atoms with Crippen LogP contribution < -0.4 is 10.6 Å². The van der Waals surface area contributed by atoms with Crippen molar-refractivity contribution in [2.75, 3.05) is 6.54 Å². The maximum absolute atomic E-state index is 4.63. The molecule has 2 N–H and O–H groups in total. The van der Waals surface area contributed by atoms with Crippen LogP contribution in [-0.4, -0.2) is 33.3 Å². The molecule has 0 spiro atoms. The molecule has 7 heteroatoms. The number of nitrogens with one attached hydrogen (secondary N) is 2. The number of hydrogen-bond donors (Lipinski definition) is 2. The van der Waals surface area contributed by atoms with E-state index in [0.29, 0.717) is 12.6 Å². The number of nitrogens with zero attached hydrogens (tertiary/aromatic N) is 4. The van der Waals surface area contributed by atoms with Crippen molar-refractivity contribution in [3.63, 3.8) is 0 Å². The fourth-order valence-electron chi connectivity index (χ4n) is 2.32. The molecule has 2 heterocycles. The van der Waals surface area contributed by atoms with Crippen molar-refractivity contribution in [1.29, 1.82) is 0 Å². The first-order valence-corrected chi connectivity index (χ1v) is 8.56. The van der Waals surface area contributed by atoms with Crippen LogP contribution in [0.1, 0.15) is 44.1 Å². The van der Waals surface area contributed by atoms with Crippen molar-refractivity contribution in [2.45, 2.75) is 53.6 Å². The van der Waals surface area contributed by atoms with Crippen LogP contribution >= 0.6 is 24.0 Å². The van der Waals surface area contributed by atoms with Gasteiger partial charge in [-0.05, 0) is 51.8 Å². The third-order valence-corrected chi connectivity index (χ3v) is 3.80. The molecule has 2 aromatic rings. The Morgan fingerprint density at radius 2 is 2.04 bits per heavy atom. The smallest absolute Gasteiger partial charge is 0.191 e. The van der Waals surface area contributed by atoms with Crippen LogP contribution in [0.5, 0.6) is 0 Å². The summed E-state index contributed by atoms with van der Waals surface area (Å²) < 4.78 is 1.86. The molecule has 0 saturated carbocycles. The van der Waals surface area contributed by atoms with Gasteiger partial charge in [0.1, 0.15) is 0 Å². The summed E-state index contributed by atoms with van der Waals surface area (Å²) in [5, 5.41) is 11.1. The van der Waals surface area contributed by atoms with E-state index in [9.17, 15) is 0 Å². The predicted octanol–water partition coefficient (Wildman–Crippen LogP) is 3.36. The van der Waals surface area contributed by atoms with Gasteiger partial charge in [-0.25, -0.2) is 14.7 Å². The molecule has 0 aromatic carbocycles. The van der Waals surface area contributed by atoms with Crippen molar-refractivity contribution >= 4 is 29.9 Å². The molecule has 0 amide bonds. The lowest BCUT2D eigenvalue weighted by Crippen LogP contribution is -2.41. The zero-order valence-corrected chi connectivity index (χ0v) is 18.0. The van der Waals surface area contributed by atoms with Crippen molar-refractivity contribution in [2.24, 2.45) is 4.99 Å². The van der Waals surface area contributed by atoms with Crippen molar-refractivity contribution < 1.29 is 0 Å². The molecule has 2 aromatic heterocycles. The number of guanidine groups is 1. The number of aliphatic imine (C=N–C) groups is 1. The van der Waals surface area contributed by atoms with E-state index in [1.807, 2.05) is 36.9 Å². The summed E-state index contributed by atoms with van der Waals surface area (Å²) in [5.41, 5.74) is 3.15. The topological polar surface area (TPSA) is 67.1 Å². The molecular formula is C18H29IN6. The Hall–Kier alpha value is -1.64. The summed E-state index contributed by atoms with van der Waals surface area (Å²) in [5.74, 6) is 1.67.